The number of pyridine rings is 1. The molecule has 0 bridgehead atoms. The predicted molar refractivity (Wildman–Crippen MR) is 147 cm³/mol. The highest BCUT2D eigenvalue weighted by Gasteiger charge is 2.41. The van der Waals surface area contributed by atoms with Crippen LogP contribution in [0.1, 0.15) is 54.1 Å². The molecular weight excluding hydrogens is 476 g/mol. The Hall–Kier alpha value is -4.45. The summed E-state index contributed by atoms with van der Waals surface area (Å²) in [5, 5.41) is 5.82. The smallest absolute Gasteiger partial charge is 0.343 e. The second-order valence-corrected chi connectivity index (χ2v) is 10.7. The first-order valence-corrected chi connectivity index (χ1v) is 12.7. The number of fused-ring (bicyclic) bond motifs is 3. The zero-order valence-corrected chi connectivity index (χ0v) is 21.6. The molecule has 0 saturated heterocycles. The summed E-state index contributed by atoms with van der Waals surface area (Å²) in [5.74, 6) is 0.118. The number of carbonyl (C=O) groups excluding carboxylic acids is 2. The van der Waals surface area contributed by atoms with Crippen LogP contribution in [0.4, 0.5) is 5.69 Å². The monoisotopic (exact) mass is 504 g/mol. The van der Waals surface area contributed by atoms with E-state index in [0.717, 1.165) is 45.3 Å². The van der Waals surface area contributed by atoms with Crippen LogP contribution < -0.4 is 14.8 Å². The Morgan fingerprint density at radius 3 is 2.55 bits per heavy atom. The number of esters is 1. The number of anilines is 1. The normalized spacial score (nSPS) is 17.9. The Bertz CT molecular complexity index is 1620. The standard InChI is InChI=1S/C32H28N2O4/c1-32(2)17-24-30(25(35)18-32)28(29-22-7-5-4-6-19(22)8-10-23(29)34-24)21-9-11-26(27(16-21)37-3)38-31(36)20-12-14-33-15-13-20/h4-16,28,34H,17-18H2,1-3H3. The van der Waals surface area contributed by atoms with Gasteiger partial charge in [0.05, 0.1) is 12.7 Å². The number of allylic oxidation sites excluding steroid dienone is 2. The highest BCUT2D eigenvalue weighted by Crippen LogP contribution is 2.51. The molecule has 38 heavy (non-hydrogen) atoms. The molecule has 0 fully saturated rings. The van der Waals surface area contributed by atoms with Crippen molar-refractivity contribution in [1.82, 2.24) is 4.98 Å². The molecule has 3 aromatic carbocycles. The lowest BCUT2D eigenvalue weighted by Crippen LogP contribution is -2.33. The molecule has 1 aliphatic heterocycles. The fraction of sp³-hybridized carbons (Fsp3) is 0.219. The molecule has 2 heterocycles. The van der Waals surface area contributed by atoms with Crippen LogP contribution in [-0.4, -0.2) is 23.8 Å². The predicted octanol–water partition coefficient (Wildman–Crippen LogP) is 6.66. The van der Waals surface area contributed by atoms with Crippen LogP contribution >= 0.6 is 0 Å². The van der Waals surface area contributed by atoms with Crippen LogP contribution in [0.15, 0.2) is 90.4 Å². The molecule has 6 nitrogen and oxygen atoms in total. The number of Topliss-reactive ketones (excluding diaryl/α,β-unsaturated/α-hetero) is 1. The fourth-order valence-corrected chi connectivity index (χ4v) is 5.73. The third kappa shape index (κ3) is 4.12. The van der Waals surface area contributed by atoms with E-state index in [1.54, 1.807) is 37.7 Å². The summed E-state index contributed by atoms with van der Waals surface area (Å²) in [6.07, 6.45) is 4.37. The Kier molecular flexibility index (Phi) is 5.75. The van der Waals surface area contributed by atoms with Gasteiger partial charge in [-0.3, -0.25) is 9.78 Å². The van der Waals surface area contributed by atoms with Gasteiger partial charge in [0.25, 0.3) is 0 Å². The number of hydrogen-bond acceptors (Lipinski definition) is 6. The van der Waals surface area contributed by atoms with Gasteiger partial charge in [0, 0.05) is 41.7 Å². The van der Waals surface area contributed by atoms with Gasteiger partial charge >= 0.3 is 5.97 Å². The Labute approximate surface area is 221 Å². The number of benzene rings is 3. The molecule has 2 aliphatic rings. The molecule has 0 amide bonds. The van der Waals surface area contributed by atoms with E-state index >= 15 is 0 Å². The van der Waals surface area contributed by atoms with Crippen LogP contribution in [0.3, 0.4) is 0 Å². The second-order valence-electron chi connectivity index (χ2n) is 10.7. The van der Waals surface area contributed by atoms with Crippen LogP contribution in [-0.2, 0) is 4.79 Å². The van der Waals surface area contributed by atoms with Gasteiger partial charge in [-0.2, -0.15) is 0 Å². The summed E-state index contributed by atoms with van der Waals surface area (Å²) in [7, 11) is 1.55. The lowest BCUT2D eigenvalue weighted by atomic mass is 9.68. The quantitative estimate of drug-likeness (QED) is 0.247. The van der Waals surface area contributed by atoms with E-state index in [1.807, 2.05) is 24.3 Å². The Balaban J connectivity index is 1.49. The maximum absolute atomic E-state index is 13.7. The third-order valence-corrected chi connectivity index (χ3v) is 7.39. The zero-order chi connectivity index (χ0) is 26.4. The molecule has 1 aromatic heterocycles. The van der Waals surface area contributed by atoms with Crippen LogP contribution in [0.2, 0.25) is 0 Å². The van der Waals surface area contributed by atoms with Gasteiger partial charge in [0.1, 0.15) is 0 Å². The average Bonchev–Trinajstić information content (AvgIpc) is 2.91. The van der Waals surface area contributed by atoms with Gasteiger partial charge in [-0.25, -0.2) is 4.79 Å². The minimum Gasteiger partial charge on any atom is -0.493 e. The maximum Gasteiger partial charge on any atom is 0.343 e. The number of hydrogen-bond donors (Lipinski definition) is 1. The van der Waals surface area contributed by atoms with Crippen molar-refractivity contribution in [2.75, 3.05) is 12.4 Å². The van der Waals surface area contributed by atoms with Gasteiger partial charge in [0.2, 0.25) is 0 Å². The van der Waals surface area contributed by atoms with E-state index in [1.165, 1.54) is 0 Å². The van der Waals surface area contributed by atoms with Crippen molar-refractivity contribution in [2.24, 2.45) is 5.41 Å². The van der Waals surface area contributed by atoms with E-state index < -0.39 is 5.97 Å². The first-order valence-electron chi connectivity index (χ1n) is 12.7. The summed E-state index contributed by atoms with van der Waals surface area (Å²) < 4.78 is 11.4. The first kappa shape index (κ1) is 23.9. The minimum absolute atomic E-state index is 0.121. The van der Waals surface area contributed by atoms with Crippen molar-refractivity contribution < 1.29 is 19.1 Å². The highest BCUT2D eigenvalue weighted by molar-refractivity contribution is 6.04. The van der Waals surface area contributed by atoms with Gasteiger partial charge in [-0.05, 0) is 64.1 Å². The van der Waals surface area contributed by atoms with Gasteiger partial charge in [-0.1, -0.05) is 50.2 Å². The molecule has 1 atom stereocenters. The van der Waals surface area contributed by atoms with Gasteiger partial charge < -0.3 is 14.8 Å². The molecule has 0 radical (unpaired) electrons. The number of nitrogens with one attached hydrogen (secondary N) is 1. The molecule has 6 heteroatoms. The van der Waals surface area contributed by atoms with E-state index in [9.17, 15) is 9.59 Å². The van der Waals surface area contributed by atoms with Crippen molar-refractivity contribution in [3.8, 4) is 11.5 Å². The number of rotatable bonds is 4. The molecule has 0 spiro atoms. The zero-order valence-electron chi connectivity index (χ0n) is 21.6. The lowest BCUT2D eigenvalue weighted by Gasteiger charge is -2.40. The number of ether oxygens (including phenoxy) is 2. The topological polar surface area (TPSA) is 77.5 Å². The SMILES string of the molecule is COc1cc(C2C3=C(CC(C)(C)CC3=O)Nc3ccc4ccccc4c32)ccc1OC(=O)c1ccncc1. The summed E-state index contributed by atoms with van der Waals surface area (Å²) >= 11 is 0. The molecule has 1 unspecified atom stereocenters. The Morgan fingerprint density at radius 1 is 0.974 bits per heavy atom. The van der Waals surface area contributed by atoms with Crippen molar-refractivity contribution in [2.45, 2.75) is 32.6 Å². The summed E-state index contributed by atoms with van der Waals surface area (Å²) in [4.78, 5) is 30.3. The van der Waals surface area contributed by atoms with E-state index in [2.05, 4.69) is 48.4 Å². The Morgan fingerprint density at radius 2 is 1.76 bits per heavy atom. The number of aromatic nitrogens is 1. The van der Waals surface area contributed by atoms with E-state index in [4.69, 9.17) is 9.47 Å². The lowest BCUT2D eigenvalue weighted by molar-refractivity contribution is -0.118. The maximum atomic E-state index is 13.7. The summed E-state index contributed by atoms with van der Waals surface area (Å²) in [6.45, 7) is 4.27. The summed E-state index contributed by atoms with van der Waals surface area (Å²) in [5.41, 5.74) is 5.04. The molecule has 0 saturated carbocycles. The number of carbonyl (C=O) groups is 2. The fourth-order valence-electron chi connectivity index (χ4n) is 5.73. The van der Waals surface area contributed by atoms with Crippen molar-refractivity contribution >= 4 is 28.2 Å². The first-order chi connectivity index (χ1) is 18.3. The third-order valence-electron chi connectivity index (χ3n) is 7.39. The van der Waals surface area contributed by atoms with Crippen molar-refractivity contribution in [3.05, 3.63) is 107 Å². The molecule has 1 aliphatic carbocycles. The molecule has 1 N–H and O–H groups in total. The van der Waals surface area contributed by atoms with Crippen LogP contribution in [0.5, 0.6) is 11.5 Å². The number of methoxy groups -OCH3 is 1. The van der Waals surface area contributed by atoms with Gasteiger partial charge in [0.15, 0.2) is 17.3 Å². The highest BCUT2D eigenvalue weighted by atomic mass is 16.6. The molecular formula is C32H28N2O4. The van der Waals surface area contributed by atoms with E-state index in [-0.39, 0.29) is 17.1 Å². The summed E-state index contributed by atoms with van der Waals surface area (Å²) in [6, 6.07) is 21.2. The molecule has 6 rings (SSSR count). The van der Waals surface area contributed by atoms with Crippen LogP contribution in [0, 0.1) is 5.41 Å². The molecule has 190 valence electrons. The van der Waals surface area contributed by atoms with Crippen molar-refractivity contribution in [3.63, 3.8) is 0 Å². The van der Waals surface area contributed by atoms with Crippen LogP contribution in [0.25, 0.3) is 10.8 Å². The number of ketones is 1. The number of nitrogens with zero attached hydrogens (tertiary/aromatic N) is 1. The van der Waals surface area contributed by atoms with Gasteiger partial charge in [-0.15, -0.1) is 0 Å². The van der Waals surface area contributed by atoms with Crippen molar-refractivity contribution in [1.29, 1.82) is 0 Å². The average molecular weight is 505 g/mol. The second kappa shape index (κ2) is 9.14. The largest absolute Gasteiger partial charge is 0.493 e. The molecule has 4 aromatic rings. The minimum atomic E-state index is -0.494. The van der Waals surface area contributed by atoms with E-state index in [0.29, 0.717) is 23.5 Å².